The normalized spacial score (nSPS) is 10.3. The lowest BCUT2D eigenvalue weighted by Gasteiger charge is -2.13. The van der Waals surface area contributed by atoms with E-state index in [2.05, 4.69) is 0 Å². The van der Waals surface area contributed by atoms with Crippen molar-refractivity contribution in [3.8, 4) is 28.0 Å². The highest BCUT2D eigenvalue weighted by atomic mass is 16.6. The number of nitro benzene ring substituents is 1. The Bertz CT molecular complexity index is 999. The number of primary amides is 1. The highest BCUT2D eigenvalue weighted by Gasteiger charge is 2.14. The summed E-state index contributed by atoms with van der Waals surface area (Å²) in [7, 11) is 1.53. The second-order valence-corrected chi connectivity index (χ2v) is 5.63. The zero-order valence-corrected chi connectivity index (χ0v) is 14.0. The zero-order chi connectivity index (χ0) is 18.7. The van der Waals surface area contributed by atoms with E-state index in [-0.39, 0.29) is 5.69 Å². The number of nitro groups is 1. The fourth-order valence-electron chi connectivity index (χ4n) is 2.84. The molecule has 0 saturated heterocycles. The summed E-state index contributed by atoms with van der Waals surface area (Å²) < 4.78 is 5.41. The molecule has 0 aliphatic rings. The molecule has 0 unspecified atom stereocenters. The van der Waals surface area contributed by atoms with E-state index in [1.807, 2.05) is 18.2 Å². The number of carbonyl (C=O) groups excluding carboxylic acids is 1. The maximum absolute atomic E-state index is 11.7. The zero-order valence-electron chi connectivity index (χ0n) is 14.0. The fourth-order valence-corrected chi connectivity index (χ4v) is 2.84. The molecule has 3 aromatic rings. The number of non-ortho nitro benzene ring substituents is 1. The van der Waals surface area contributed by atoms with Gasteiger partial charge >= 0.3 is 0 Å². The van der Waals surface area contributed by atoms with Crippen molar-refractivity contribution >= 4 is 11.6 Å². The molecule has 3 aromatic carbocycles. The van der Waals surface area contributed by atoms with Crippen LogP contribution in [0.25, 0.3) is 22.3 Å². The number of rotatable bonds is 5. The van der Waals surface area contributed by atoms with Gasteiger partial charge in [0.15, 0.2) is 0 Å². The van der Waals surface area contributed by atoms with Gasteiger partial charge in [-0.05, 0) is 34.9 Å². The van der Waals surface area contributed by atoms with E-state index in [0.29, 0.717) is 28.0 Å². The Hall–Kier alpha value is -3.67. The summed E-state index contributed by atoms with van der Waals surface area (Å²) in [5, 5.41) is 11.1. The van der Waals surface area contributed by atoms with Crippen LogP contribution in [0.1, 0.15) is 10.4 Å². The number of methoxy groups -OCH3 is 1. The smallest absolute Gasteiger partial charge is 0.270 e. The van der Waals surface area contributed by atoms with Crippen LogP contribution in [0.5, 0.6) is 5.75 Å². The summed E-state index contributed by atoms with van der Waals surface area (Å²) >= 11 is 0. The quantitative estimate of drug-likeness (QED) is 0.556. The summed E-state index contributed by atoms with van der Waals surface area (Å²) in [5.41, 5.74) is 8.66. The maximum atomic E-state index is 11.7. The molecule has 1 amide bonds. The predicted molar refractivity (Wildman–Crippen MR) is 99.0 cm³/mol. The van der Waals surface area contributed by atoms with Gasteiger partial charge in [0.25, 0.3) is 5.69 Å². The molecule has 6 heteroatoms. The van der Waals surface area contributed by atoms with Crippen molar-refractivity contribution in [2.75, 3.05) is 7.11 Å². The Morgan fingerprint density at radius 3 is 2.38 bits per heavy atom. The lowest BCUT2D eigenvalue weighted by atomic mass is 9.95. The third kappa shape index (κ3) is 3.25. The number of hydrogen-bond acceptors (Lipinski definition) is 4. The summed E-state index contributed by atoms with van der Waals surface area (Å²) in [4.78, 5) is 22.3. The van der Waals surface area contributed by atoms with E-state index in [1.54, 1.807) is 36.4 Å². The summed E-state index contributed by atoms with van der Waals surface area (Å²) in [6.45, 7) is 0. The van der Waals surface area contributed by atoms with Gasteiger partial charge in [-0.2, -0.15) is 0 Å². The second kappa shape index (κ2) is 7.06. The molecule has 26 heavy (non-hydrogen) atoms. The summed E-state index contributed by atoms with van der Waals surface area (Å²) in [5.74, 6) is 0.0547. The number of nitrogens with zero attached hydrogens (tertiary/aromatic N) is 1. The first-order valence-corrected chi connectivity index (χ1v) is 7.83. The van der Waals surface area contributed by atoms with Crippen LogP contribution in [0.4, 0.5) is 5.69 Å². The number of hydrogen-bond donors (Lipinski definition) is 1. The fraction of sp³-hybridized carbons (Fsp3) is 0.0500. The van der Waals surface area contributed by atoms with E-state index in [9.17, 15) is 14.9 Å². The van der Waals surface area contributed by atoms with E-state index in [1.165, 1.54) is 19.2 Å². The van der Waals surface area contributed by atoms with Crippen molar-refractivity contribution in [2.24, 2.45) is 5.73 Å². The lowest BCUT2D eigenvalue weighted by Crippen LogP contribution is -2.12. The monoisotopic (exact) mass is 348 g/mol. The Labute approximate surface area is 150 Å². The number of benzene rings is 3. The van der Waals surface area contributed by atoms with Crippen LogP contribution in [0.2, 0.25) is 0 Å². The van der Waals surface area contributed by atoms with Crippen molar-refractivity contribution < 1.29 is 14.5 Å². The highest BCUT2D eigenvalue weighted by molar-refractivity contribution is 6.00. The van der Waals surface area contributed by atoms with Gasteiger partial charge in [0.05, 0.1) is 12.0 Å². The largest absolute Gasteiger partial charge is 0.496 e. The number of ether oxygens (including phenoxy) is 1. The van der Waals surface area contributed by atoms with Crippen LogP contribution in [0.3, 0.4) is 0 Å². The van der Waals surface area contributed by atoms with Gasteiger partial charge in [-0.3, -0.25) is 14.9 Å². The van der Waals surface area contributed by atoms with Crippen LogP contribution in [0.15, 0.2) is 66.7 Å². The van der Waals surface area contributed by atoms with E-state index >= 15 is 0 Å². The van der Waals surface area contributed by atoms with E-state index < -0.39 is 10.8 Å². The summed E-state index contributed by atoms with van der Waals surface area (Å²) in [6.07, 6.45) is 0. The average molecular weight is 348 g/mol. The molecular formula is C20H16N2O4. The third-order valence-electron chi connectivity index (χ3n) is 4.07. The first-order valence-electron chi connectivity index (χ1n) is 7.83. The standard InChI is InChI=1S/C20H16N2O4/c1-26-19-10-9-14(16-7-2-3-8-17(16)20(21)23)12-18(19)13-5-4-6-15(11-13)22(24)25/h2-12H,1H3,(H2,21,23). The minimum Gasteiger partial charge on any atom is -0.496 e. The van der Waals surface area contributed by atoms with Crippen molar-refractivity contribution in [2.45, 2.75) is 0 Å². The van der Waals surface area contributed by atoms with Gasteiger partial charge in [0.1, 0.15) is 5.75 Å². The van der Waals surface area contributed by atoms with Crippen molar-refractivity contribution in [1.29, 1.82) is 0 Å². The summed E-state index contributed by atoms with van der Waals surface area (Å²) in [6, 6.07) is 18.8. The first-order chi connectivity index (χ1) is 12.5. The van der Waals surface area contributed by atoms with Gasteiger partial charge in [-0.25, -0.2) is 0 Å². The molecule has 0 radical (unpaired) electrons. The van der Waals surface area contributed by atoms with Crippen LogP contribution in [-0.2, 0) is 0 Å². The number of amides is 1. The Balaban J connectivity index is 2.19. The van der Waals surface area contributed by atoms with Crippen LogP contribution in [0, 0.1) is 10.1 Å². The molecule has 0 heterocycles. The maximum Gasteiger partial charge on any atom is 0.270 e. The average Bonchev–Trinajstić information content (AvgIpc) is 2.67. The molecule has 0 fully saturated rings. The van der Waals surface area contributed by atoms with Crippen molar-refractivity contribution in [1.82, 2.24) is 0 Å². The molecule has 6 nitrogen and oxygen atoms in total. The molecule has 0 bridgehead atoms. The minimum atomic E-state index is -0.520. The molecule has 0 aromatic heterocycles. The van der Waals surface area contributed by atoms with Crippen LogP contribution in [-0.4, -0.2) is 17.9 Å². The Morgan fingerprint density at radius 2 is 1.69 bits per heavy atom. The van der Waals surface area contributed by atoms with Gasteiger partial charge in [0.2, 0.25) is 5.91 Å². The molecule has 3 rings (SSSR count). The Morgan fingerprint density at radius 1 is 0.962 bits per heavy atom. The van der Waals surface area contributed by atoms with Gasteiger partial charge < -0.3 is 10.5 Å². The molecular weight excluding hydrogens is 332 g/mol. The van der Waals surface area contributed by atoms with Gasteiger partial charge in [-0.1, -0.05) is 36.4 Å². The second-order valence-electron chi connectivity index (χ2n) is 5.63. The van der Waals surface area contributed by atoms with E-state index in [4.69, 9.17) is 10.5 Å². The highest BCUT2D eigenvalue weighted by Crippen LogP contribution is 2.36. The van der Waals surface area contributed by atoms with Crippen molar-refractivity contribution in [3.05, 3.63) is 82.4 Å². The van der Waals surface area contributed by atoms with Gasteiger partial charge in [-0.15, -0.1) is 0 Å². The molecule has 0 aliphatic heterocycles. The molecule has 2 N–H and O–H groups in total. The van der Waals surface area contributed by atoms with Crippen LogP contribution >= 0.6 is 0 Å². The van der Waals surface area contributed by atoms with Crippen LogP contribution < -0.4 is 10.5 Å². The molecule has 0 saturated carbocycles. The van der Waals surface area contributed by atoms with E-state index in [0.717, 1.165) is 5.56 Å². The molecule has 0 aliphatic carbocycles. The van der Waals surface area contributed by atoms with Gasteiger partial charge in [0, 0.05) is 23.3 Å². The molecule has 130 valence electrons. The third-order valence-corrected chi connectivity index (χ3v) is 4.07. The lowest BCUT2D eigenvalue weighted by molar-refractivity contribution is -0.384. The number of carbonyl (C=O) groups is 1. The molecule has 0 spiro atoms. The predicted octanol–water partition coefficient (Wildman–Crippen LogP) is 4.04. The van der Waals surface area contributed by atoms with Crippen molar-refractivity contribution in [3.63, 3.8) is 0 Å². The minimum absolute atomic E-state index is 0.00695. The first kappa shape index (κ1) is 17.2. The SMILES string of the molecule is COc1ccc(-c2ccccc2C(N)=O)cc1-c1cccc([N+](=O)[O-])c1. The topological polar surface area (TPSA) is 95.5 Å². The number of nitrogens with two attached hydrogens (primary N) is 1. The molecule has 0 atom stereocenters. The Kier molecular flexibility index (Phi) is 4.66.